The normalized spacial score (nSPS) is 15.1. The second-order valence-corrected chi connectivity index (χ2v) is 7.76. The first-order chi connectivity index (χ1) is 14.0. The highest BCUT2D eigenvalue weighted by molar-refractivity contribution is 7.06. The van der Waals surface area contributed by atoms with E-state index >= 15 is 0 Å². The Labute approximate surface area is 173 Å². The van der Waals surface area contributed by atoms with E-state index in [0.717, 1.165) is 37.4 Å². The van der Waals surface area contributed by atoms with Crippen LogP contribution in [0.3, 0.4) is 0 Å². The van der Waals surface area contributed by atoms with E-state index in [9.17, 15) is 14.0 Å². The molecule has 0 radical (unpaired) electrons. The van der Waals surface area contributed by atoms with Crippen molar-refractivity contribution in [3.63, 3.8) is 0 Å². The zero-order valence-electron chi connectivity index (χ0n) is 16.5. The number of piperidine rings is 1. The lowest BCUT2D eigenvalue weighted by Gasteiger charge is -2.31. The number of rotatable bonds is 6. The number of halogens is 1. The fraction of sp³-hybridized carbons (Fsp3) is 0.474. The zero-order chi connectivity index (χ0) is 20.8. The van der Waals surface area contributed by atoms with Crippen LogP contribution in [-0.2, 0) is 6.54 Å². The summed E-state index contributed by atoms with van der Waals surface area (Å²) >= 11 is 1.37. The Kier molecular flexibility index (Phi) is 7.10. The van der Waals surface area contributed by atoms with Crippen LogP contribution in [0.25, 0.3) is 0 Å². The Morgan fingerprint density at radius 2 is 2.07 bits per heavy atom. The van der Waals surface area contributed by atoms with E-state index in [2.05, 4.69) is 30.2 Å². The summed E-state index contributed by atoms with van der Waals surface area (Å²) in [6, 6.07) is 4.87. The largest absolute Gasteiger partial charge is 0.354 e. The number of likely N-dealkylation sites (tertiary alicyclic amines) is 1. The number of nitrogens with zero attached hydrogens (tertiary/aromatic N) is 3. The van der Waals surface area contributed by atoms with Gasteiger partial charge in [0.2, 0.25) is 5.95 Å². The SMILES string of the molecule is CCNC(=O)Nc1cc(CN2CCC(c3ccc(C(=O)NC)nc3F)CC2)sn1. The summed E-state index contributed by atoms with van der Waals surface area (Å²) < 4.78 is 18.6. The molecule has 0 spiro atoms. The molecule has 3 heterocycles. The molecule has 10 heteroatoms. The lowest BCUT2D eigenvalue weighted by molar-refractivity contribution is 0.0957. The van der Waals surface area contributed by atoms with Gasteiger partial charge in [-0.05, 0) is 62.4 Å². The fourth-order valence-corrected chi connectivity index (χ4v) is 4.11. The molecular formula is C19H25FN6O2S. The number of hydrogen-bond donors (Lipinski definition) is 3. The van der Waals surface area contributed by atoms with Gasteiger partial charge >= 0.3 is 6.03 Å². The Morgan fingerprint density at radius 3 is 2.72 bits per heavy atom. The number of nitrogens with one attached hydrogen (secondary N) is 3. The number of hydrogen-bond acceptors (Lipinski definition) is 6. The first-order valence-corrected chi connectivity index (χ1v) is 10.4. The van der Waals surface area contributed by atoms with E-state index in [-0.39, 0.29) is 17.6 Å². The molecule has 2 aromatic heterocycles. The van der Waals surface area contributed by atoms with Crippen molar-refractivity contribution in [2.45, 2.75) is 32.2 Å². The van der Waals surface area contributed by atoms with E-state index in [0.29, 0.717) is 17.9 Å². The molecule has 3 amide bonds. The van der Waals surface area contributed by atoms with Gasteiger partial charge in [-0.3, -0.25) is 15.0 Å². The summed E-state index contributed by atoms with van der Waals surface area (Å²) in [6.45, 7) is 4.82. The molecule has 0 aliphatic carbocycles. The molecule has 1 aliphatic heterocycles. The van der Waals surface area contributed by atoms with Crippen molar-refractivity contribution in [3.8, 4) is 0 Å². The Bertz CT molecular complexity index is 866. The molecule has 29 heavy (non-hydrogen) atoms. The average Bonchev–Trinajstić information content (AvgIpc) is 3.14. The number of anilines is 1. The van der Waals surface area contributed by atoms with Gasteiger partial charge < -0.3 is 10.6 Å². The van der Waals surface area contributed by atoms with Crippen LogP contribution in [0.1, 0.15) is 46.6 Å². The summed E-state index contributed by atoms with van der Waals surface area (Å²) in [7, 11) is 1.49. The first-order valence-electron chi connectivity index (χ1n) is 9.61. The molecule has 1 fully saturated rings. The highest BCUT2D eigenvalue weighted by atomic mass is 32.1. The van der Waals surface area contributed by atoms with Gasteiger partial charge in [0.1, 0.15) is 11.5 Å². The summed E-state index contributed by atoms with van der Waals surface area (Å²) in [5.41, 5.74) is 0.664. The Morgan fingerprint density at radius 1 is 1.31 bits per heavy atom. The lowest BCUT2D eigenvalue weighted by atomic mass is 9.90. The van der Waals surface area contributed by atoms with Crippen LogP contribution < -0.4 is 16.0 Å². The number of aromatic nitrogens is 2. The minimum absolute atomic E-state index is 0.0911. The second kappa shape index (κ2) is 9.75. The maximum atomic E-state index is 14.4. The van der Waals surface area contributed by atoms with Gasteiger partial charge in [0.25, 0.3) is 5.91 Å². The van der Waals surface area contributed by atoms with E-state index < -0.39 is 11.9 Å². The standard InChI is InChI=1S/C19H25FN6O2S/c1-3-22-19(28)24-16-10-13(29-25-16)11-26-8-6-12(7-9-26)14-4-5-15(18(27)21-2)23-17(14)20/h4-5,10,12H,3,6-9,11H2,1-2H3,(H,21,27)(H2,22,24,25,28). The molecule has 0 saturated carbocycles. The third kappa shape index (κ3) is 5.48. The molecule has 3 rings (SSSR count). The monoisotopic (exact) mass is 420 g/mol. The summed E-state index contributed by atoms with van der Waals surface area (Å²) in [4.78, 5) is 30.3. The first kappa shape index (κ1) is 21.1. The van der Waals surface area contributed by atoms with Crippen molar-refractivity contribution in [2.75, 3.05) is 32.0 Å². The fourth-order valence-electron chi connectivity index (χ4n) is 3.39. The van der Waals surface area contributed by atoms with Crippen molar-refractivity contribution in [3.05, 3.63) is 40.3 Å². The number of pyridine rings is 1. The maximum absolute atomic E-state index is 14.4. The van der Waals surface area contributed by atoms with Crippen LogP contribution in [0.2, 0.25) is 0 Å². The molecule has 8 nitrogen and oxygen atoms in total. The van der Waals surface area contributed by atoms with Crippen LogP contribution >= 0.6 is 11.5 Å². The highest BCUT2D eigenvalue weighted by Crippen LogP contribution is 2.30. The van der Waals surface area contributed by atoms with E-state index in [1.807, 2.05) is 13.0 Å². The lowest BCUT2D eigenvalue weighted by Crippen LogP contribution is -2.32. The molecule has 1 aliphatic rings. The molecule has 0 aromatic carbocycles. The van der Waals surface area contributed by atoms with Crippen molar-refractivity contribution in [2.24, 2.45) is 0 Å². The minimum Gasteiger partial charge on any atom is -0.354 e. The van der Waals surface area contributed by atoms with Crippen molar-refractivity contribution >= 4 is 29.3 Å². The minimum atomic E-state index is -0.562. The van der Waals surface area contributed by atoms with Gasteiger partial charge in [-0.25, -0.2) is 9.78 Å². The van der Waals surface area contributed by atoms with Crippen LogP contribution in [0.4, 0.5) is 15.0 Å². The van der Waals surface area contributed by atoms with Gasteiger partial charge in [-0.2, -0.15) is 8.76 Å². The molecule has 0 unspecified atom stereocenters. The van der Waals surface area contributed by atoms with Gasteiger partial charge in [0, 0.05) is 30.6 Å². The smallest absolute Gasteiger partial charge is 0.320 e. The number of urea groups is 1. The topological polar surface area (TPSA) is 99.2 Å². The highest BCUT2D eigenvalue weighted by Gasteiger charge is 2.24. The summed E-state index contributed by atoms with van der Waals surface area (Å²) in [5.74, 6) is -0.312. The molecule has 0 atom stereocenters. The van der Waals surface area contributed by atoms with Crippen LogP contribution in [0.5, 0.6) is 0 Å². The van der Waals surface area contributed by atoms with Crippen LogP contribution in [-0.4, -0.2) is 52.9 Å². The predicted molar refractivity (Wildman–Crippen MR) is 110 cm³/mol. The van der Waals surface area contributed by atoms with Gasteiger partial charge in [-0.15, -0.1) is 0 Å². The third-order valence-electron chi connectivity index (χ3n) is 4.88. The van der Waals surface area contributed by atoms with E-state index in [1.54, 1.807) is 12.1 Å². The Hall–Kier alpha value is -2.59. The van der Waals surface area contributed by atoms with Crippen LogP contribution in [0.15, 0.2) is 18.2 Å². The molecule has 2 aromatic rings. The van der Waals surface area contributed by atoms with Crippen molar-refractivity contribution in [1.82, 2.24) is 24.9 Å². The average molecular weight is 421 g/mol. The predicted octanol–water partition coefficient (Wildman–Crippen LogP) is 2.56. The van der Waals surface area contributed by atoms with Crippen molar-refractivity contribution in [1.29, 1.82) is 0 Å². The number of carbonyl (C=O) groups is 2. The van der Waals surface area contributed by atoms with Gasteiger partial charge in [0.05, 0.1) is 0 Å². The summed E-state index contributed by atoms with van der Waals surface area (Å²) in [6.07, 6.45) is 1.64. The van der Waals surface area contributed by atoms with E-state index in [1.165, 1.54) is 18.6 Å². The Balaban J connectivity index is 1.53. The van der Waals surface area contributed by atoms with Crippen molar-refractivity contribution < 1.29 is 14.0 Å². The molecule has 156 valence electrons. The van der Waals surface area contributed by atoms with E-state index in [4.69, 9.17) is 0 Å². The van der Waals surface area contributed by atoms with Gasteiger partial charge in [0.15, 0.2) is 0 Å². The molecule has 3 N–H and O–H groups in total. The van der Waals surface area contributed by atoms with Crippen LogP contribution in [0, 0.1) is 5.95 Å². The quantitative estimate of drug-likeness (QED) is 0.624. The number of carbonyl (C=O) groups excluding carboxylic acids is 2. The van der Waals surface area contributed by atoms with Gasteiger partial charge in [-0.1, -0.05) is 6.07 Å². The molecule has 0 bridgehead atoms. The third-order valence-corrected chi connectivity index (χ3v) is 5.65. The zero-order valence-corrected chi connectivity index (χ0v) is 17.3. The maximum Gasteiger partial charge on any atom is 0.320 e. The number of amides is 3. The second-order valence-electron chi connectivity index (χ2n) is 6.87. The summed E-state index contributed by atoms with van der Waals surface area (Å²) in [5, 5.41) is 7.82. The molecule has 1 saturated heterocycles. The molecular weight excluding hydrogens is 395 g/mol.